The molecule has 14 heavy (non-hydrogen) atoms. The number of aliphatic hydroxyl groups excluding tert-OH is 1. The molecule has 2 aliphatic heterocycles. The number of hydrogen-bond donors (Lipinski definition) is 3. The van der Waals surface area contributed by atoms with Gasteiger partial charge in [-0.1, -0.05) is 6.08 Å². The van der Waals surface area contributed by atoms with Crippen molar-refractivity contribution in [1.29, 1.82) is 5.41 Å². The van der Waals surface area contributed by atoms with Crippen LogP contribution in [0.5, 0.6) is 0 Å². The Morgan fingerprint density at radius 3 is 3.07 bits per heavy atom. The number of nitrogens with zero attached hydrogens (tertiary/aromatic N) is 1. The standard InChI is InChI=1S/C9H10N2O.CH3N/c12-6-7-3-5-10-8-2-1-4-11-9(7)8;1-2/h1-5,8,10,12H,6H2;2H,1H2. The summed E-state index contributed by atoms with van der Waals surface area (Å²) in [5.41, 5.74) is 1.81. The van der Waals surface area contributed by atoms with Crippen molar-refractivity contribution in [3.05, 3.63) is 35.7 Å². The molecular weight excluding hydrogens is 178 g/mol. The quantitative estimate of drug-likeness (QED) is 0.532. The van der Waals surface area contributed by atoms with Gasteiger partial charge in [-0.2, -0.15) is 0 Å². The largest absolute Gasteiger partial charge is 0.392 e. The van der Waals surface area contributed by atoms with Crippen LogP contribution in [0.1, 0.15) is 0 Å². The van der Waals surface area contributed by atoms with E-state index < -0.39 is 0 Å². The molecule has 0 aromatic heterocycles. The van der Waals surface area contributed by atoms with Crippen molar-refractivity contribution in [3.63, 3.8) is 0 Å². The Labute approximate surface area is 82.9 Å². The third kappa shape index (κ3) is 1.97. The second kappa shape index (κ2) is 5.14. The number of aliphatic hydroxyl groups is 1. The average molecular weight is 191 g/mol. The van der Waals surface area contributed by atoms with Gasteiger partial charge in [-0.15, -0.1) is 0 Å². The molecule has 2 heterocycles. The van der Waals surface area contributed by atoms with Crippen LogP contribution in [0.3, 0.4) is 0 Å². The van der Waals surface area contributed by atoms with Crippen molar-refractivity contribution in [2.75, 3.05) is 6.61 Å². The summed E-state index contributed by atoms with van der Waals surface area (Å²) in [5, 5.41) is 17.6. The summed E-state index contributed by atoms with van der Waals surface area (Å²) in [4.78, 5) is 4.20. The predicted octanol–water partition coefficient (Wildman–Crippen LogP) is 0.625. The summed E-state index contributed by atoms with van der Waals surface area (Å²) in [6.45, 7) is 2.55. The Balaban J connectivity index is 0.000000461. The van der Waals surface area contributed by atoms with Gasteiger partial charge >= 0.3 is 0 Å². The number of rotatable bonds is 1. The van der Waals surface area contributed by atoms with Crippen molar-refractivity contribution in [2.24, 2.45) is 4.99 Å². The maximum Gasteiger partial charge on any atom is 0.0872 e. The molecule has 0 amide bonds. The molecule has 3 N–H and O–H groups in total. The zero-order chi connectivity index (χ0) is 10.4. The molecule has 1 atom stereocenters. The fourth-order valence-electron chi connectivity index (χ4n) is 1.34. The van der Waals surface area contributed by atoms with Gasteiger partial charge < -0.3 is 15.8 Å². The van der Waals surface area contributed by atoms with E-state index in [9.17, 15) is 0 Å². The highest BCUT2D eigenvalue weighted by atomic mass is 16.3. The van der Waals surface area contributed by atoms with Gasteiger partial charge in [0.2, 0.25) is 0 Å². The lowest BCUT2D eigenvalue weighted by molar-refractivity contribution is 0.332. The molecule has 0 aliphatic carbocycles. The summed E-state index contributed by atoms with van der Waals surface area (Å²) >= 11 is 0. The van der Waals surface area contributed by atoms with Crippen LogP contribution in [0.4, 0.5) is 0 Å². The van der Waals surface area contributed by atoms with Gasteiger partial charge in [0, 0.05) is 11.8 Å². The third-order valence-electron chi connectivity index (χ3n) is 1.96. The number of hydrogen-bond acceptors (Lipinski definition) is 4. The van der Waals surface area contributed by atoms with Crippen LogP contribution in [0.2, 0.25) is 0 Å². The van der Waals surface area contributed by atoms with E-state index in [4.69, 9.17) is 10.5 Å². The molecule has 0 saturated heterocycles. The lowest BCUT2D eigenvalue weighted by Crippen LogP contribution is -2.29. The molecule has 74 valence electrons. The van der Waals surface area contributed by atoms with Crippen molar-refractivity contribution in [2.45, 2.75) is 6.04 Å². The van der Waals surface area contributed by atoms with Crippen LogP contribution in [0.15, 0.2) is 40.7 Å². The molecule has 0 aromatic rings. The monoisotopic (exact) mass is 191 g/mol. The van der Waals surface area contributed by atoms with E-state index >= 15 is 0 Å². The molecule has 0 bridgehead atoms. The maximum absolute atomic E-state index is 9.00. The minimum absolute atomic E-state index is 0.0508. The van der Waals surface area contributed by atoms with Gasteiger partial charge in [0.05, 0.1) is 18.3 Å². The molecular formula is C10H13N3O. The molecule has 0 aromatic carbocycles. The first-order valence-corrected chi connectivity index (χ1v) is 4.24. The number of fused-ring (bicyclic) bond motifs is 1. The van der Waals surface area contributed by atoms with Gasteiger partial charge in [0.25, 0.3) is 0 Å². The number of nitrogens with one attached hydrogen (secondary N) is 2. The van der Waals surface area contributed by atoms with Crippen LogP contribution in [0.25, 0.3) is 0 Å². The molecule has 0 fully saturated rings. The van der Waals surface area contributed by atoms with Crippen molar-refractivity contribution < 1.29 is 5.11 Å². The first-order chi connectivity index (χ1) is 6.92. The van der Waals surface area contributed by atoms with Crippen molar-refractivity contribution in [1.82, 2.24) is 5.32 Å². The van der Waals surface area contributed by atoms with Crippen LogP contribution < -0.4 is 5.32 Å². The Morgan fingerprint density at radius 1 is 1.57 bits per heavy atom. The summed E-state index contributed by atoms with van der Waals surface area (Å²) < 4.78 is 0. The summed E-state index contributed by atoms with van der Waals surface area (Å²) in [7, 11) is 0. The molecule has 2 aliphatic rings. The molecule has 0 saturated carbocycles. The molecule has 0 spiro atoms. The van der Waals surface area contributed by atoms with Crippen LogP contribution in [-0.4, -0.2) is 30.7 Å². The van der Waals surface area contributed by atoms with E-state index in [1.165, 1.54) is 0 Å². The predicted molar refractivity (Wildman–Crippen MR) is 57.6 cm³/mol. The Hall–Kier alpha value is -1.68. The molecule has 1 unspecified atom stereocenters. The zero-order valence-electron chi connectivity index (χ0n) is 7.77. The van der Waals surface area contributed by atoms with Gasteiger partial charge in [0.1, 0.15) is 0 Å². The van der Waals surface area contributed by atoms with Crippen LogP contribution in [0, 0.1) is 5.41 Å². The highest BCUT2D eigenvalue weighted by molar-refractivity contribution is 5.75. The van der Waals surface area contributed by atoms with Gasteiger partial charge in [-0.05, 0) is 25.1 Å². The molecule has 4 nitrogen and oxygen atoms in total. The topological polar surface area (TPSA) is 68.5 Å². The molecule has 4 heteroatoms. The lowest BCUT2D eigenvalue weighted by atomic mass is 10.0. The van der Waals surface area contributed by atoms with Gasteiger partial charge in [-0.25, -0.2) is 0 Å². The number of dihydropyridines is 2. The Morgan fingerprint density at radius 2 is 2.36 bits per heavy atom. The Kier molecular flexibility index (Phi) is 3.82. The zero-order valence-corrected chi connectivity index (χ0v) is 7.77. The summed E-state index contributed by atoms with van der Waals surface area (Å²) in [6, 6.07) is 0.141. The normalized spacial score (nSPS) is 22.2. The second-order valence-corrected chi connectivity index (χ2v) is 2.71. The molecule has 0 radical (unpaired) electrons. The summed E-state index contributed by atoms with van der Waals surface area (Å²) in [6.07, 6.45) is 9.34. The second-order valence-electron chi connectivity index (χ2n) is 2.71. The minimum atomic E-state index is 0.0508. The van der Waals surface area contributed by atoms with E-state index in [0.29, 0.717) is 0 Å². The van der Waals surface area contributed by atoms with E-state index in [-0.39, 0.29) is 12.6 Å². The SMILES string of the molecule is C=N.OCC1=C2N=CC=CC2NC=C1. The number of allylic oxidation sites excluding steroid dienone is 1. The number of aliphatic imine (C=N–C) groups is 1. The van der Waals surface area contributed by atoms with Crippen molar-refractivity contribution in [3.8, 4) is 0 Å². The van der Waals surface area contributed by atoms with Gasteiger partial charge in [0.15, 0.2) is 0 Å². The fourth-order valence-corrected chi connectivity index (χ4v) is 1.34. The van der Waals surface area contributed by atoms with Crippen molar-refractivity contribution >= 4 is 12.9 Å². The van der Waals surface area contributed by atoms with Crippen LogP contribution >= 0.6 is 0 Å². The maximum atomic E-state index is 9.00. The van der Waals surface area contributed by atoms with E-state index in [1.54, 1.807) is 6.21 Å². The average Bonchev–Trinajstić information content (AvgIpc) is 2.31. The lowest BCUT2D eigenvalue weighted by Gasteiger charge is -2.22. The molecule has 2 rings (SSSR count). The van der Waals surface area contributed by atoms with E-state index in [1.807, 2.05) is 24.4 Å². The highest BCUT2D eigenvalue weighted by Crippen LogP contribution is 2.18. The highest BCUT2D eigenvalue weighted by Gasteiger charge is 2.16. The smallest absolute Gasteiger partial charge is 0.0872 e. The van der Waals surface area contributed by atoms with E-state index in [2.05, 4.69) is 17.0 Å². The fraction of sp³-hybridized carbons (Fsp3) is 0.200. The first-order valence-electron chi connectivity index (χ1n) is 4.24. The Bertz CT molecular complexity index is 315. The van der Waals surface area contributed by atoms with Gasteiger partial charge in [-0.3, -0.25) is 4.99 Å². The summed E-state index contributed by atoms with van der Waals surface area (Å²) in [5.74, 6) is 0. The minimum Gasteiger partial charge on any atom is -0.392 e. The first kappa shape index (κ1) is 10.4. The van der Waals surface area contributed by atoms with Crippen LogP contribution in [-0.2, 0) is 0 Å². The van der Waals surface area contributed by atoms with E-state index in [0.717, 1.165) is 11.3 Å². The third-order valence-corrected chi connectivity index (χ3v) is 1.96.